The van der Waals surface area contributed by atoms with Gasteiger partial charge in [0.2, 0.25) is 5.71 Å². The van der Waals surface area contributed by atoms with Gasteiger partial charge in [-0.1, -0.05) is 30.3 Å². The first-order valence-corrected chi connectivity index (χ1v) is 9.49. The fraction of sp³-hybridized carbons (Fsp3) is 0.261. The van der Waals surface area contributed by atoms with Crippen molar-refractivity contribution < 1.29 is 4.42 Å². The third-order valence-corrected chi connectivity index (χ3v) is 5.89. The van der Waals surface area contributed by atoms with E-state index in [4.69, 9.17) is 4.42 Å². The number of para-hydroxylation sites is 1. The summed E-state index contributed by atoms with van der Waals surface area (Å²) >= 11 is 0. The molecular formula is C23H23N3O. The maximum Gasteiger partial charge on any atom is 0.227 e. The summed E-state index contributed by atoms with van der Waals surface area (Å²) in [6, 6.07) is 17.1. The summed E-state index contributed by atoms with van der Waals surface area (Å²) in [6.45, 7) is 5.38. The Labute approximate surface area is 159 Å². The molecule has 1 aliphatic rings. The summed E-state index contributed by atoms with van der Waals surface area (Å²) in [5.41, 5.74) is 6.76. The molecule has 1 aliphatic heterocycles. The van der Waals surface area contributed by atoms with Crippen molar-refractivity contribution in [3.05, 3.63) is 65.9 Å². The standard InChI is InChI=1S/C23H23N3O/c1-15-10-11-18-19-8-6-13-24-23(19)27-22(18)21(15)26-14-12-17-7-4-5-9-20(17)25(3)16(26)2/h4-11,13,16H,12,14H2,1-3H3/t16-/m0/s1. The Morgan fingerprint density at radius 1 is 1.04 bits per heavy atom. The minimum absolute atomic E-state index is 0.221. The molecule has 1 atom stereocenters. The Kier molecular flexibility index (Phi) is 3.61. The topological polar surface area (TPSA) is 32.5 Å². The summed E-state index contributed by atoms with van der Waals surface area (Å²) in [4.78, 5) is 9.26. The van der Waals surface area contributed by atoms with Crippen LogP contribution >= 0.6 is 0 Å². The van der Waals surface area contributed by atoms with Crippen molar-refractivity contribution >= 4 is 33.4 Å². The number of fused-ring (bicyclic) bond motifs is 4. The molecule has 3 heterocycles. The fourth-order valence-corrected chi connectivity index (χ4v) is 4.32. The Morgan fingerprint density at radius 2 is 1.89 bits per heavy atom. The van der Waals surface area contributed by atoms with Crippen LogP contribution in [0.15, 0.2) is 59.1 Å². The van der Waals surface area contributed by atoms with Crippen LogP contribution in [0.2, 0.25) is 0 Å². The second-order valence-corrected chi connectivity index (χ2v) is 7.38. The van der Waals surface area contributed by atoms with Gasteiger partial charge in [-0.15, -0.1) is 0 Å². The number of furan rings is 1. The van der Waals surface area contributed by atoms with Crippen LogP contribution in [0.5, 0.6) is 0 Å². The predicted octanol–water partition coefficient (Wildman–Crippen LogP) is 5.13. The molecule has 0 aliphatic carbocycles. The normalized spacial score (nSPS) is 17.4. The van der Waals surface area contributed by atoms with Crippen LogP contribution in [0.1, 0.15) is 18.1 Å². The maximum absolute atomic E-state index is 6.25. The number of pyridine rings is 1. The van der Waals surface area contributed by atoms with Gasteiger partial charge in [-0.05, 0) is 49.6 Å². The Morgan fingerprint density at radius 3 is 2.78 bits per heavy atom. The molecule has 0 saturated carbocycles. The van der Waals surface area contributed by atoms with Crippen molar-refractivity contribution in [2.24, 2.45) is 0 Å². The van der Waals surface area contributed by atoms with E-state index in [1.165, 1.54) is 22.5 Å². The van der Waals surface area contributed by atoms with Gasteiger partial charge in [0.05, 0.1) is 11.9 Å². The second-order valence-electron chi connectivity index (χ2n) is 7.38. The molecule has 4 aromatic rings. The van der Waals surface area contributed by atoms with Crippen molar-refractivity contribution in [3.63, 3.8) is 0 Å². The number of aryl methyl sites for hydroxylation is 1. The highest BCUT2D eigenvalue weighted by Gasteiger charge is 2.28. The number of nitrogens with zero attached hydrogens (tertiary/aromatic N) is 3. The lowest BCUT2D eigenvalue weighted by Crippen LogP contribution is -2.44. The van der Waals surface area contributed by atoms with Crippen LogP contribution in [0.3, 0.4) is 0 Å². The average Bonchev–Trinajstić information content (AvgIpc) is 3.02. The van der Waals surface area contributed by atoms with E-state index >= 15 is 0 Å². The van der Waals surface area contributed by atoms with Crippen LogP contribution in [-0.2, 0) is 6.42 Å². The van der Waals surface area contributed by atoms with Gasteiger partial charge in [-0.2, -0.15) is 0 Å². The van der Waals surface area contributed by atoms with E-state index in [0.717, 1.165) is 29.3 Å². The lowest BCUT2D eigenvalue weighted by molar-refractivity contribution is 0.618. The molecule has 0 spiro atoms. The van der Waals surface area contributed by atoms with Crippen molar-refractivity contribution in [1.29, 1.82) is 0 Å². The molecule has 0 N–H and O–H groups in total. The first-order valence-electron chi connectivity index (χ1n) is 9.49. The van der Waals surface area contributed by atoms with Gasteiger partial charge in [-0.3, -0.25) is 0 Å². The van der Waals surface area contributed by atoms with Gasteiger partial charge >= 0.3 is 0 Å². The van der Waals surface area contributed by atoms with Crippen molar-refractivity contribution in [2.75, 3.05) is 23.4 Å². The van der Waals surface area contributed by atoms with E-state index in [1.807, 2.05) is 6.07 Å². The fourth-order valence-electron chi connectivity index (χ4n) is 4.32. The molecule has 5 rings (SSSR count). The van der Waals surface area contributed by atoms with Crippen LogP contribution in [0, 0.1) is 6.92 Å². The zero-order valence-electron chi connectivity index (χ0n) is 15.9. The van der Waals surface area contributed by atoms with Crippen LogP contribution in [0.4, 0.5) is 11.4 Å². The number of benzene rings is 2. The molecule has 2 aromatic carbocycles. The van der Waals surface area contributed by atoms with Crippen LogP contribution in [0.25, 0.3) is 22.1 Å². The summed E-state index contributed by atoms with van der Waals surface area (Å²) < 4.78 is 6.25. The maximum atomic E-state index is 6.25. The van der Waals surface area contributed by atoms with E-state index < -0.39 is 0 Å². The molecule has 0 amide bonds. The largest absolute Gasteiger partial charge is 0.436 e. The van der Waals surface area contributed by atoms with Crippen molar-refractivity contribution in [1.82, 2.24) is 4.98 Å². The molecule has 136 valence electrons. The van der Waals surface area contributed by atoms with E-state index in [0.29, 0.717) is 5.71 Å². The quantitative estimate of drug-likeness (QED) is 0.472. The molecule has 0 fully saturated rings. The first kappa shape index (κ1) is 16.2. The third-order valence-electron chi connectivity index (χ3n) is 5.89. The van der Waals surface area contributed by atoms with E-state index in [9.17, 15) is 0 Å². The number of rotatable bonds is 1. The van der Waals surface area contributed by atoms with Gasteiger partial charge in [0, 0.05) is 36.2 Å². The predicted molar refractivity (Wildman–Crippen MR) is 112 cm³/mol. The number of anilines is 2. The highest BCUT2D eigenvalue weighted by Crippen LogP contribution is 2.39. The summed E-state index contributed by atoms with van der Waals surface area (Å²) in [5.74, 6) is 0. The Bertz CT molecular complexity index is 1150. The molecule has 0 bridgehead atoms. The minimum Gasteiger partial charge on any atom is -0.436 e. The van der Waals surface area contributed by atoms with Crippen LogP contribution in [-0.4, -0.2) is 24.7 Å². The zero-order chi connectivity index (χ0) is 18.5. The molecule has 0 unspecified atom stereocenters. The SMILES string of the molecule is Cc1ccc2c(oc3ncccc32)c1N1CCc2ccccc2N(C)[C@@H]1C. The Hall–Kier alpha value is -3.01. The number of hydrogen-bond acceptors (Lipinski definition) is 4. The lowest BCUT2D eigenvalue weighted by Gasteiger charge is -2.36. The third kappa shape index (κ3) is 2.40. The molecule has 4 nitrogen and oxygen atoms in total. The summed E-state index contributed by atoms with van der Waals surface area (Å²) in [6.07, 6.45) is 3.02. The number of aromatic nitrogens is 1. The van der Waals surface area contributed by atoms with E-state index in [1.54, 1.807) is 6.20 Å². The lowest BCUT2D eigenvalue weighted by atomic mass is 10.1. The van der Waals surface area contributed by atoms with Gasteiger partial charge < -0.3 is 14.2 Å². The average molecular weight is 357 g/mol. The van der Waals surface area contributed by atoms with Crippen molar-refractivity contribution in [2.45, 2.75) is 26.4 Å². The molecule has 0 saturated heterocycles. The summed E-state index contributed by atoms with van der Waals surface area (Å²) in [5, 5.41) is 2.21. The smallest absolute Gasteiger partial charge is 0.227 e. The summed E-state index contributed by atoms with van der Waals surface area (Å²) in [7, 11) is 2.18. The molecule has 2 aromatic heterocycles. The molecular weight excluding hydrogens is 334 g/mol. The van der Waals surface area contributed by atoms with Gasteiger partial charge in [-0.25, -0.2) is 4.98 Å². The van der Waals surface area contributed by atoms with Gasteiger partial charge in [0.15, 0.2) is 5.58 Å². The highest BCUT2D eigenvalue weighted by molar-refractivity contribution is 6.08. The number of hydrogen-bond donors (Lipinski definition) is 0. The monoisotopic (exact) mass is 357 g/mol. The van der Waals surface area contributed by atoms with E-state index in [-0.39, 0.29) is 6.17 Å². The molecule has 27 heavy (non-hydrogen) atoms. The molecule has 0 radical (unpaired) electrons. The van der Waals surface area contributed by atoms with E-state index in [2.05, 4.69) is 78.1 Å². The van der Waals surface area contributed by atoms with Gasteiger partial charge in [0.25, 0.3) is 0 Å². The zero-order valence-corrected chi connectivity index (χ0v) is 15.9. The Balaban J connectivity index is 1.70. The van der Waals surface area contributed by atoms with Crippen LogP contribution < -0.4 is 9.80 Å². The molecule has 4 heteroatoms. The van der Waals surface area contributed by atoms with Gasteiger partial charge in [0.1, 0.15) is 0 Å². The highest BCUT2D eigenvalue weighted by atomic mass is 16.3. The first-order chi connectivity index (χ1) is 13.1. The van der Waals surface area contributed by atoms with Crippen molar-refractivity contribution in [3.8, 4) is 0 Å². The second kappa shape index (κ2) is 6.02. The minimum atomic E-state index is 0.221.